The van der Waals surface area contributed by atoms with Crippen molar-refractivity contribution in [2.24, 2.45) is 23.7 Å². The summed E-state index contributed by atoms with van der Waals surface area (Å²) in [6, 6.07) is 8.18. The highest BCUT2D eigenvalue weighted by molar-refractivity contribution is 5.70. The minimum Gasteiger partial charge on any atom is -0.481 e. The molecule has 0 aliphatic heterocycles. The van der Waals surface area contributed by atoms with Crippen molar-refractivity contribution in [3.05, 3.63) is 35.4 Å². The zero-order chi connectivity index (χ0) is 14.1. The van der Waals surface area contributed by atoms with E-state index in [4.69, 9.17) is 0 Å². The first-order valence-electron chi connectivity index (χ1n) is 7.90. The third-order valence-corrected chi connectivity index (χ3v) is 5.55. The SMILES string of the molecule is Cc1ccccc1CC(CC1CC2CCC1C2)C(=O)O. The van der Waals surface area contributed by atoms with Crippen LogP contribution in [0, 0.1) is 30.6 Å². The van der Waals surface area contributed by atoms with Gasteiger partial charge in [0.15, 0.2) is 0 Å². The number of carbonyl (C=O) groups is 1. The van der Waals surface area contributed by atoms with Crippen molar-refractivity contribution in [2.75, 3.05) is 0 Å². The monoisotopic (exact) mass is 272 g/mol. The third-order valence-electron chi connectivity index (χ3n) is 5.55. The molecule has 0 aromatic heterocycles. The quantitative estimate of drug-likeness (QED) is 0.877. The summed E-state index contributed by atoms with van der Waals surface area (Å²) in [5.41, 5.74) is 2.41. The molecule has 0 saturated heterocycles. The van der Waals surface area contributed by atoms with Gasteiger partial charge in [0, 0.05) is 0 Å². The second-order valence-corrected chi connectivity index (χ2v) is 6.84. The van der Waals surface area contributed by atoms with Gasteiger partial charge in [-0.3, -0.25) is 4.79 Å². The maximum Gasteiger partial charge on any atom is 0.306 e. The Morgan fingerprint density at radius 2 is 2.10 bits per heavy atom. The van der Waals surface area contributed by atoms with E-state index in [-0.39, 0.29) is 5.92 Å². The van der Waals surface area contributed by atoms with Crippen molar-refractivity contribution in [1.82, 2.24) is 0 Å². The standard InChI is InChI=1S/C18H24O2/c1-12-4-2-3-5-14(12)10-17(18(19)20)11-16-9-13-6-7-15(16)8-13/h2-5,13,15-17H,6-11H2,1H3,(H,19,20). The highest BCUT2D eigenvalue weighted by Crippen LogP contribution is 2.50. The molecule has 0 radical (unpaired) electrons. The molecule has 2 saturated carbocycles. The van der Waals surface area contributed by atoms with E-state index < -0.39 is 5.97 Å². The third kappa shape index (κ3) is 2.74. The Morgan fingerprint density at radius 3 is 2.70 bits per heavy atom. The van der Waals surface area contributed by atoms with Crippen LogP contribution < -0.4 is 0 Å². The molecule has 1 aromatic rings. The molecule has 2 bridgehead atoms. The molecule has 2 fully saturated rings. The van der Waals surface area contributed by atoms with E-state index in [2.05, 4.69) is 19.1 Å². The zero-order valence-electron chi connectivity index (χ0n) is 12.2. The van der Waals surface area contributed by atoms with Gasteiger partial charge in [0.1, 0.15) is 0 Å². The molecule has 0 heterocycles. The molecule has 4 atom stereocenters. The summed E-state index contributed by atoms with van der Waals surface area (Å²) in [4.78, 5) is 11.6. The lowest BCUT2D eigenvalue weighted by molar-refractivity contribution is -0.142. The fraction of sp³-hybridized carbons (Fsp3) is 0.611. The van der Waals surface area contributed by atoms with Crippen molar-refractivity contribution in [2.45, 2.75) is 45.4 Å². The lowest BCUT2D eigenvalue weighted by atomic mass is 9.80. The van der Waals surface area contributed by atoms with E-state index in [1.54, 1.807) is 0 Å². The molecule has 20 heavy (non-hydrogen) atoms. The first-order chi connectivity index (χ1) is 9.63. The molecule has 3 rings (SSSR count). The Balaban J connectivity index is 1.67. The second kappa shape index (κ2) is 5.59. The molecule has 2 aliphatic carbocycles. The topological polar surface area (TPSA) is 37.3 Å². The zero-order valence-corrected chi connectivity index (χ0v) is 12.2. The van der Waals surface area contributed by atoms with E-state index in [1.165, 1.54) is 36.8 Å². The van der Waals surface area contributed by atoms with Crippen LogP contribution in [0.5, 0.6) is 0 Å². The fourth-order valence-corrected chi connectivity index (χ4v) is 4.41. The molecule has 0 amide bonds. The average Bonchev–Trinajstić information content (AvgIpc) is 3.02. The van der Waals surface area contributed by atoms with Crippen molar-refractivity contribution < 1.29 is 9.90 Å². The van der Waals surface area contributed by atoms with Crippen LogP contribution in [-0.2, 0) is 11.2 Å². The lowest BCUT2D eigenvalue weighted by Gasteiger charge is -2.25. The van der Waals surface area contributed by atoms with Gasteiger partial charge in [-0.2, -0.15) is 0 Å². The van der Waals surface area contributed by atoms with Crippen LogP contribution in [0.25, 0.3) is 0 Å². The smallest absolute Gasteiger partial charge is 0.306 e. The summed E-state index contributed by atoms with van der Waals surface area (Å²) in [5, 5.41) is 9.56. The van der Waals surface area contributed by atoms with E-state index in [0.717, 1.165) is 18.3 Å². The van der Waals surface area contributed by atoms with Gasteiger partial charge in [0.2, 0.25) is 0 Å². The first-order valence-corrected chi connectivity index (χ1v) is 7.90. The number of aryl methyl sites for hydroxylation is 1. The number of aliphatic carboxylic acids is 1. The first kappa shape index (κ1) is 13.7. The molecular weight excluding hydrogens is 248 g/mol. The summed E-state index contributed by atoms with van der Waals surface area (Å²) in [7, 11) is 0. The molecule has 1 N–H and O–H groups in total. The number of carboxylic acid groups (broad SMARTS) is 1. The van der Waals surface area contributed by atoms with Crippen molar-refractivity contribution in [1.29, 1.82) is 0 Å². The average molecular weight is 272 g/mol. The van der Waals surface area contributed by atoms with Crippen LogP contribution in [0.1, 0.15) is 43.2 Å². The van der Waals surface area contributed by atoms with Crippen LogP contribution in [-0.4, -0.2) is 11.1 Å². The Hall–Kier alpha value is -1.31. The van der Waals surface area contributed by atoms with Gasteiger partial charge in [-0.1, -0.05) is 30.7 Å². The molecule has 1 aromatic carbocycles. The Bertz CT molecular complexity index is 494. The predicted octanol–water partition coefficient (Wildman–Crippen LogP) is 4.06. The van der Waals surface area contributed by atoms with E-state index in [9.17, 15) is 9.90 Å². The molecule has 2 aliphatic rings. The van der Waals surface area contributed by atoms with Gasteiger partial charge in [0.25, 0.3) is 0 Å². The van der Waals surface area contributed by atoms with Gasteiger partial charge in [-0.25, -0.2) is 0 Å². The van der Waals surface area contributed by atoms with E-state index >= 15 is 0 Å². The molecule has 4 unspecified atom stereocenters. The summed E-state index contributed by atoms with van der Waals surface area (Å²) in [6.45, 7) is 2.08. The van der Waals surface area contributed by atoms with Crippen molar-refractivity contribution in [3.8, 4) is 0 Å². The maximum atomic E-state index is 11.6. The normalized spacial score (nSPS) is 29.6. The molecule has 0 spiro atoms. The number of carboxylic acids is 1. The molecular formula is C18H24O2. The minimum atomic E-state index is -0.615. The van der Waals surface area contributed by atoms with Gasteiger partial charge in [0.05, 0.1) is 5.92 Å². The lowest BCUT2D eigenvalue weighted by Crippen LogP contribution is -2.23. The van der Waals surface area contributed by atoms with Gasteiger partial charge in [-0.15, -0.1) is 0 Å². The van der Waals surface area contributed by atoms with Crippen LogP contribution in [0.2, 0.25) is 0 Å². The van der Waals surface area contributed by atoms with Crippen molar-refractivity contribution >= 4 is 5.97 Å². The number of hydrogen-bond donors (Lipinski definition) is 1. The van der Waals surface area contributed by atoms with Gasteiger partial charge in [-0.05, 0) is 67.9 Å². The second-order valence-electron chi connectivity index (χ2n) is 6.84. The largest absolute Gasteiger partial charge is 0.481 e. The highest BCUT2D eigenvalue weighted by Gasteiger charge is 2.41. The minimum absolute atomic E-state index is 0.208. The predicted molar refractivity (Wildman–Crippen MR) is 79.6 cm³/mol. The van der Waals surface area contributed by atoms with E-state index in [1.807, 2.05) is 12.1 Å². The van der Waals surface area contributed by atoms with Crippen LogP contribution in [0.3, 0.4) is 0 Å². The number of rotatable bonds is 5. The van der Waals surface area contributed by atoms with Gasteiger partial charge >= 0.3 is 5.97 Å². The highest BCUT2D eigenvalue weighted by atomic mass is 16.4. The number of hydrogen-bond acceptors (Lipinski definition) is 1. The summed E-state index contributed by atoms with van der Waals surface area (Å²) < 4.78 is 0. The van der Waals surface area contributed by atoms with Gasteiger partial charge < -0.3 is 5.11 Å². The van der Waals surface area contributed by atoms with Crippen LogP contribution >= 0.6 is 0 Å². The summed E-state index contributed by atoms with van der Waals surface area (Å²) >= 11 is 0. The Labute approximate surface area is 121 Å². The molecule has 108 valence electrons. The Morgan fingerprint density at radius 1 is 1.30 bits per heavy atom. The number of benzene rings is 1. The number of fused-ring (bicyclic) bond motifs is 2. The maximum absolute atomic E-state index is 11.6. The summed E-state index contributed by atoms with van der Waals surface area (Å²) in [5.74, 6) is 1.56. The van der Waals surface area contributed by atoms with Crippen LogP contribution in [0.15, 0.2) is 24.3 Å². The van der Waals surface area contributed by atoms with Crippen LogP contribution in [0.4, 0.5) is 0 Å². The fourth-order valence-electron chi connectivity index (χ4n) is 4.41. The van der Waals surface area contributed by atoms with Crippen molar-refractivity contribution in [3.63, 3.8) is 0 Å². The van der Waals surface area contributed by atoms with E-state index in [0.29, 0.717) is 12.3 Å². The molecule has 2 nitrogen and oxygen atoms in total. The molecule has 2 heteroatoms. The Kier molecular flexibility index (Phi) is 3.82. The summed E-state index contributed by atoms with van der Waals surface area (Å²) in [6.07, 6.45) is 6.94.